The quantitative estimate of drug-likeness (QED) is 0.792. The van der Waals surface area contributed by atoms with Crippen LogP contribution in [0.4, 0.5) is 0 Å². The van der Waals surface area contributed by atoms with Gasteiger partial charge in [0.25, 0.3) is 0 Å². The van der Waals surface area contributed by atoms with Gasteiger partial charge >= 0.3 is 0 Å². The number of amides is 1. The maximum Gasteiger partial charge on any atom is 0.220 e. The van der Waals surface area contributed by atoms with Crippen LogP contribution in [0.1, 0.15) is 45.4 Å². The summed E-state index contributed by atoms with van der Waals surface area (Å²) in [5.74, 6) is 0.0147. The van der Waals surface area contributed by atoms with Crippen LogP contribution in [0.25, 0.3) is 0 Å². The van der Waals surface area contributed by atoms with Gasteiger partial charge in [-0.1, -0.05) is 0 Å². The minimum Gasteiger partial charge on any atom is -0.369 e. The molecule has 0 radical (unpaired) electrons. The maximum absolute atomic E-state index is 11.1. The lowest BCUT2D eigenvalue weighted by Crippen LogP contribution is -2.49. The summed E-state index contributed by atoms with van der Waals surface area (Å²) in [6.07, 6.45) is 6.63. The van der Waals surface area contributed by atoms with E-state index in [2.05, 4.69) is 24.2 Å². The van der Waals surface area contributed by atoms with Crippen LogP contribution >= 0.6 is 0 Å². The van der Waals surface area contributed by atoms with Crippen LogP contribution in [0, 0.1) is 5.92 Å². The fourth-order valence-corrected chi connectivity index (χ4v) is 3.32. The zero-order valence-corrected chi connectivity index (χ0v) is 11.7. The van der Waals surface area contributed by atoms with E-state index in [1.54, 1.807) is 0 Å². The summed E-state index contributed by atoms with van der Waals surface area (Å²) in [7, 11) is 2.21. The highest BCUT2D eigenvalue weighted by Crippen LogP contribution is 2.25. The Morgan fingerprint density at radius 1 is 1.17 bits per heavy atom. The van der Waals surface area contributed by atoms with Crippen molar-refractivity contribution in [3.05, 3.63) is 0 Å². The third-order valence-electron chi connectivity index (χ3n) is 4.81. The van der Waals surface area contributed by atoms with Crippen LogP contribution in [0.5, 0.6) is 0 Å². The molecule has 0 spiro atoms. The molecule has 2 aliphatic rings. The Balaban J connectivity index is 1.73. The second-order valence-corrected chi connectivity index (χ2v) is 6.17. The van der Waals surface area contributed by atoms with Gasteiger partial charge in [0.15, 0.2) is 0 Å². The number of nitrogens with one attached hydrogen (secondary N) is 1. The Hall–Kier alpha value is -0.610. The van der Waals surface area contributed by atoms with Crippen molar-refractivity contribution in [3.63, 3.8) is 0 Å². The molecule has 18 heavy (non-hydrogen) atoms. The summed E-state index contributed by atoms with van der Waals surface area (Å²) >= 11 is 0. The van der Waals surface area contributed by atoms with E-state index in [9.17, 15) is 4.79 Å². The first-order chi connectivity index (χ1) is 8.56. The lowest BCUT2D eigenvalue weighted by Gasteiger charge is -2.38. The van der Waals surface area contributed by atoms with Crippen LogP contribution in [-0.4, -0.2) is 42.5 Å². The maximum atomic E-state index is 11.1. The molecule has 2 fully saturated rings. The Labute approximate surface area is 110 Å². The van der Waals surface area contributed by atoms with Crippen molar-refractivity contribution in [2.24, 2.45) is 11.7 Å². The molecule has 1 aliphatic heterocycles. The van der Waals surface area contributed by atoms with Gasteiger partial charge in [-0.25, -0.2) is 0 Å². The monoisotopic (exact) mass is 253 g/mol. The number of hydrogen-bond donors (Lipinski definition) is 2. The second kappa shape index (κ2) is 6.02. The van der Waals surface area contributed by atoms with Gasteiger partial charge in [0.05, 0.1) is 0 Å². The van der Waals surface area contributed by atoms with E-state index in [1.165, 1.54) is 19.4 Å². The summed E-state index contributed by atoms with van der Waals surface area (Å²) in [5, 5.41) is 3.79. The Morgan fingerprint density at radius 3 is 2.39 bits per heavy atom. The first-order valence-corrected chi connectivity index (χ1v) is 7.32. The highest BCUT2D eigenvalue weighted by molar-refractivity contribution is 5.76. The molecule has 1 saturated heterocycles. The van der Waals surface area contributed by atoms with E-state index in [-0.39, 0.29) is 11.8 Å². The summed E-state index contributed by atoms with van der Waals surface area (Å²) in [6, 6.07) is 1.94. The first kappa shape index (κ1) is 13.8. The molecular formula is C14H27N3O. The SMILES string of the molecule is CC1CC(NC2CCC(C(N)=O)CC2)CCN1C. The molecule has 0 aromatic heterocycles. The smallest absolute Gasteiger partial charge is 0.220 e. The van der Waals surface area contributed by atoms with Gasteiger partial charge in [-0.15, -0.1) is 0 Å². The molecule has 0 bridgehead atoms. The molecule has 104 valence electrons. The summed E-state index contributed by atoms with van der Waals surface area (Å²) in [5.41, 5.74) is 5.37. The van der Waals surface area contributed by atoms with Crippen molar-refractivity contribution in [3.8, 4) is 0 Å². The topological polar surface area (TPSA) is 58.4 Å². The van der Waals surface area contributed by atoms with E-state index in [0.29, 0.717) is 18.1 Å². The van der Waals surface area contributed by atoms with Crippen molar-refractivity contribution in [1.29, 1.82) is 0 Å². The normalized spacial score (nSPS) is 38.6. The van der Waals surface area contributed by atoms with Gasteiger partial charge in [0, 0.05) is 24.0 Å². The second-order valence-electron chi connectivity index (χ2n) is 6.17. The van der Waals surface area contributed by atoms with E-state index in [0.717, 1.165) is 25.7 Å². The highest BCUT2D eigenvalue weighted by atomic mass is 16.1. The summed E-state index contributed by atoms with van der Waals surface area (Å²) in [6.45, 7) is 3.49. The van der Waals surface area contributed by atoms with Gasteiger partial charge in [-0.3, -0.25) is 4.79 Å². The predicted molar refractivity (Wildman–Crippen MR) is 73.2 cm³/mol. The average Bonchev–Trinajstić information content (AvgIpc) is 2.34. The molecule has 1 amide bonds. The summed E-state index contributed by atoms with van der Waals surface area (Å²) < 4.78 is 0. The number of carbonyl (C=O) groups is 1. The van der Waals surface area contributed by atoms with Crippen LogP contribution in [-0.2, 0) is 4.79 Å². The molecule has 4 heteroatoms. The Kier molecular flexibility index (Phi) is 4.62. The first-order valence-electron chi connectivity index (χ1n) is 7.32. The number of carbonyl (C=O) groups excluding carboxylic acids is 1. The molecule has 2 unspecified atom stereocenters. The van der Waals surface area contributed by atoms with E-state index >= 15 is 0 Å². The number of nitrogens with zero attached hydrogens (tertiary/aromatic N) is 1. The van der Waals surface area contributed by atoms with Crippen LogP contribution < -0.4 is 11.1 Å². The van der Waals surface area contributed by atoms with Crippen molar-refractivity contribution in [1.82, 2.24) is 10.2 Å². The Morgan fingerprint density at radius 2 is 1.83 bits per heavy atom. The van der Waals surface area contributed by atoms with Crippen molar-refractivity contribution < 1.29 is 4.79 Å². The van der Waals surface area contributed by atoms with Gasteiger partial charge in [-0.2, -0.15) is 0 Å². The third kappa shape index (κ3) is 3.45. The molecule has 0 aromatic carbocycles. The van der Waals surface area contributed by atoms with Crippen molar-refractivity contribution in [2.75, 3.05) is 13.6 Å². The number of rotatable bonds is 3. The number of likely N-dealkylation sites (tertiary alicyclic amines) is 1. The lowest BCUT2D eigenvalue weighted by atomic mass is 9.84. The Bertz CT molecular complexity index is 287. The lowest BCUT2D eigenvalue weighted by molar-refractivity contribution is -0.122. The van der Waals surface area contributed by atoms with E-state index in [1.807, 2.05) is 0 Å². The fourth-order valence-electron chi connectivity index (χ4n) is 3.32. The fraction of sp³-hybridized carbons (Fsp3) is 0.929. The molecule has 3 N–H and O–H groups in total. The van der Waals surface area contributed by atoms with Crippen LogP contribution in [0.15, 0.2) is 0 Å². The van der Waals surface area contributed by atoms with Gasteiger partial charge in [0.1, 0.15) is 0 Å². The number of nitrogens with two attached hydrogens (primary N) is 1. The van der Waals surface area contributed by atoms with Gasteiger partial charge < -0.3 is 16.0 Å². The molecule has 4 nitrogen and oxygen atoms in total. The molecule has 1 aliphatic carbocycles. The van der Waals surface area contributed by atoms with Crippen molar-refractivity contribution in [2.45, 2.75) is 63.6 Å². The largest absolute Gasteiger partial charge is 0.369 e. The predicted octanol–water partition coefficient (Wildman–Crippen LogP) is 1.10. The average molecular weight is 253 g/mol. The summed E-state index contributed by atoms with van der Waals surface area (Å²) in [4.78, 5) is 13.6. The van der Waals surface area contributed by atoms with E-state index < -0.39 is 0 Å². The molecule has 0 aromatic rings. The minimum absolute atomic E-state index is 0.110. The molecule has 1 saturated carbocycles. The van der Waals surface area contributed by atoms with Crippen LogP contribution in [0.3, 0.4) is 0 Å². The van der Waals surface area contributed by atoms with Gasteiger partial charge in [0.2, 0.25) is 5.91 Å². The number of piperidine rings is 1. The molecule has 2 rings (SSSR count). The zero-order valence-electron chi connectivity index (χ0n) is 11.7. The highest BCUT2D eigenvalue weighted by Gasteiger charge is 2.28. The molecule has 2 atom stereocenters. The molecular weight excluding hydrogens is 226 g/mol. The third-order valence-corrected chi connectivity index (χ3v) is 4.81. The number of hydrogen-bond acceptors (Lipinski definition) is 3. The van der Waals surface area contributed by atoms with Crippen LogP contribution in [0.2, 0.25) is 0 Å². The zero-order chi connectivity index (χ0) is 13.1. The van der Waals surface area contributed by atoms with E-state index in [4.69, 9.17) is 5.73 Å². The minimum atomic E-state index is -0.110. The standard InChI is InChI=1S/C14H27N3O/c1-10-9-13(7-8-17(10)2)16-12-5-3-11(4-6-12)14(15)18/h10-13,16H,3-9H2,1-2H3,(H2,15,18). The molecule has 1 heterocycles. The van der Waals surface area contributed by atoms with Gasteiger partial charge in [-0.05, 0) is 59.0 Å². The van der Waals surface area contributed by atoms with Crippen molar-refractivity contribution >= 4 is 5.91 Å². The number of primary amides is 1.